The van der Waals surface area contributed by atoms with E-state index in [4.69, 9.17) is 9.15 Å². The zero-order valence-corrected chi connectivity index (χ0v) is 13.2. The molecule has 2 rings (SSSR count). The second kappa shape index (κ2) is 7.61. The van der Waals surface area contributed by atoms with E-state index >= 15 is 0 Å². The van der Waals surface area contributed by atoms with Crippen LogP contribution in [0.1, 0.15) is 44.8 Å². The Labute approximate surface area is 126 Å². The number of rotatable bonds is 6. The summed E-state index contributed by atoms with van der Waals surface area (Å²) in [5, 5.41) is 3.39. The topological polar surface area (TPSA) is 54.7 Å². The van der Waals surface area contributed by atoms with Gasteiger partial charge in [-0.2, -0.15) is 0 Å². The summed E-state index contributed by atoms with van der Waals surface area (Å²) in [6, 6.07) is 3.84. The van der Waals surface area contributed by atoms with E-state index in [1.807, 2.05) is 30.9 Å². The Hall–Kier alpha value is -1.33. The molecule has 1 aliphatic heterocycles. The first-order valence-corrected chi connectivity index (χ1v) is 7.86. The summed E-state index contributed by atoms with van der Waals surface area (Å²) in [5.41, 5.74) is 0. The highest BCUT2D eigenvalue weighted by Crippen LogP contribution is 2.18. The van der Waals surface area contributed by atoms with Gasteiger partial charge in [-0.05, 0) is 25.5 Å². The first-order chi connectivity index (χ1) is 10.2. The van der Waals surface area contributed by atoms with Crippen molar-refractivity contribution in [2.75, 3.05) is 26.3 Å². The van der Waals surface area contributed by atoms with Crippen molar-refractivity contribution in [1.82, 2.24) is 10.2 Å². The lowest BCUT2D eigenvalue weighted by molar-refractivity contribution is -0.137. The van der Waals surface area contributed by atoms with E-state index in [0.717, 1.165) is 24.4 Å². The molecule has 5 nitrogen and oxygen atoms in total. The van der Waals surface area contributed by atoms with E-state index in [1.165, 1.54) is 0 Å². The van der Waals surface area contributed by atoms with Crippen molar-refractivity contribution in [3.63, 3.8) is 0 Å². The van der Waals surface area contributed by atoms with Crippen molar-refractivity contribution < 1.29 is 13.9 Å². The summed E-state index contributed by atoms with van der Waals surface area (Å²) in [6.45, 7) is 8.77. The number of hydrogen-bond acceptors (Lipinski definition) is 4. The van der Waals surface area contributed by atoms with Gasteiger partial charge in [0.05, 0.1) is 25.3 Å². The number of hydrogen-bond donors (Lipinski definition) is 1. The third-order valence-corrected chi connectivity index (χ3v) is 3.94. The van der Waals surface area contributed by atoms with Gasteiger partial charge in [0.15, 0.2) is 0 Å². The summed E-state index contributed by atoms with van der Waals surface area (Å²) < 4.78 is 11.1. The molecule has 1 N–H and O–H groups in total. The fraction of sp³-hybridized carbons (Fsp3) is 0.688. The number of amides is 1. The summed E-state index contributed by atoms with van der Waals surface area (Å²) in [5.74, 6) is 2.03. The van der Waals surface area contributed by atoms with Crippen LogP contribution in [-0.2, 0) is 16.0 Å². The molecule has 21 heavy (non-hydrogen) atoms. The maximum Gasteiger partial charge on any atom is 0.239 e. The number of furan rings is 1. The van der Waals surface area contributed by atoms with Crippen LogP contribution in [0.4, 0.5) is 0 Å². The molecule has 0 bridgehead atoms. The number of carbonyl (C=O) groups excluding carboxylic acids is 1. The lowest BCUT2D eigenvalue weighted by Gasteiger charge is -2.31. The highest BCUT2D eigenvalue weighted by atomic mass is 16.5. The molecule has 2 heterocycles. The maximum absolute atomic E-state index is 12.5. The molecule has 2 atom stereocenters. The Balaban J connectivity index is 1.95. The average molecular weight is 294 g/mol. The van der Waals surface area contributed by atoms with Crippen molar-refractivity contribution >= 4 is 5.91 Å². The SMILES string of the molecule is CCc1ccc([C@@H](C)N[C@H](CC)C(=O)N2CCOCC2)o1. The molecule has 0 aliphatic carbocycles. The molecule has 0 saturated carbocycles. The van der Waals surface area contributed by atoms with Crippen LogP contribution in [-0.4, -0.2) is 43.2 Å². The van der Waals surface area contributed by atoms with Gasteiger partial charge in [0.25, 0.3) is 0 Å². The van der Waals surface area contributed by atoms with Crippen LogP contribution < -0.4 is 5.32 Å². The standard InChI is InChI=1S/C16H26N2O3/c1-4-13-6-7-15(21-13)12(3)17-14(5-2)16(19)18-8-10-20-11-9-18/h6-7,12,14,17H,4-5,8-11H2,1-3H3/t12-,14-/m1/s1. The third kappa shape index (κ3) is 4.08. The minimum Gasteiger partial charge on any atom is -0.464 e. The Morgan fingerprint density at radius 1 is 1.33 bits per heavy atom. The predicted molar refractivity (Wildman–Crippen MR) is 81.1 cm³/mol. The van der Waals surface area contributed by atoms with Crippen molar-refractivity contribution in [2.45, 2.75) is 45.7 Å². The van der Waals surface area contributed by atoms with E-state index in [0.29, 0.717) is 26.3 Å². The highest BCUT2D eigenvalue weighted by Gasteiger charge is 2.26. The summed E-state index contributed by atoms with van der Waals surface area (Å²) in [6.07, 6.45) is 1.65. The second-order valence-corrected chi connectivity index (χ2v) is 5.44. The van der Waals surface area contributed by atoms with Crippen LogP contribution >= 0.6 is 0 Å². The molecule has 0 spiro atoms. The number of carbonyl (C=O) groups is 1. The lowest BCUT2D eigenvalue weighted by Crippen LogP contribution is -2.50. The number of nitrogens with one attached hydrogen (secondary N) is 1. The third-order valence-electron chi connectivity index (χ3n) is 3.94. The van der Waals surface area contributed by atoms with Crippen molar-refractivity contribution in [3.8, 4) is 0 Å². The van der Waals surface area contributed by atoms with Gasteiger partial charge in [-0.15, -0.1) is 0 Å². The van der Waals surface area contributed by atoms with E-state index < -0.39 is 0 Å². The van der Waals surface area contributed by atoms with Crippen LogP contribution in [0.25, 0.3) is 0 Å². The molecular weight excluding hydrogens is 268 g/mol. The Morgan fingerprint density at radius 2 is 2.05 bits per heavy atom. The smallest absolute Gasteiger partial charge is 0.239 e. The number of nitrogens with zero attached hydrogens (tertiary/aromatic N) is 1. The molecule has 118 valence electrons. The van der Waals surface area contributed by atoms with Gasteiger partial charge < -0.3 is 14.1 Å². The molecule has 0 unspecified atom stereocenters. The van der Waals surface area contributed by atoms with E-state index in [1.54, 1.807) is 0 Å². The van der Waals surface area contributed by atoms with Crippen LogP contribution in [0.3, 0.4) is 0 Å². The number of ether oxygens (including phenoxy) is 1. The van der Waals surface area contributed by atoms with E-state index in [9.17, 15) is 4.79 Å². The fourth-order valence-corrected chi connectivity index (χ4v) is 2.57. The van der Waals surface area contributed by atoms with Gasteiger partial charge in [-0.25, -0.2) is 0 Å². The van der Waals surface area contributed by atoms with Gasteiger partial charge in [-0.1, -0.05) is 13.8 Å². The van der Waals surface area contributed by atoms with Gasteiger partial charge in [0, 0.05) is 19.5 Å². The minimum atomic E-state index is -0.173. The predicted octanol–water partition coefficient (Wildman–Crippen LogP) is 2.13. The molecule has 5 heteroatoms. The maximum atomic E-state index is 12.5. The Morgan fingerprint density at radius 3 is 2.62 bits per heavy atom. The van der Waals surface area contributed by atoms with Crippen molar-refractivity contribution in [1.29, 1.82) is 0 Å². The van der Waals surface area contributed by atoms with Crippen molar-refractivity contribution in [3.05, 3.63) is 23.7 Å². The van der Waals surface area contributed by atoms with Crippen LogP contribution in [0.5, 0.6) is 0 Å². The first kappa shape index (κ1) is 16.0. The fourth-order valence-electron chi connectivity index (χ4n) is 2.57. The minimum absolute atomic E-state index is 0.0280. The molecule has 1 aliphatic rings. The molecule has 1 fully saturated rings. The lowest BCUT2D eigenvalue weighted by atomic mass is 10.1. The zero-order valence-electron chi connectivity index (χ0n) is 13.2. The number of morpholine rings is 1. The Bertz CT molecular complexity index is 452. The van der Waals surface area contributed by atoms with Gasteiger partial charge in [0.2, 0.25) is 5.91 Å². The summed E-state index contributed by atoms with van der Waals surface area (Å²) in [7, 11) is 0. The molecule has 1 saturated heterocycles. The largest absolute Gasteiger partial charge is 0.464 e. The van der Waals surface area contributed by atoms with Gasteiger partial charge >= 0.3 is 0 Å². The first-order valence-electron chi connectivity index (χ1n) is 7.86. The Kier molecular flexibility index (Phi) is 5.82. The summed E-state index contributed by atoms with van der Waals surface area (Å²) in [4.78, 5) is 14.4. The number of aryl methyl sites for hydroxylation is 1. The van der Waals surface area contributed by atoms with Crippen LogP contribution in [0, 0.1) is 0 Å². The quantitative estimate of drug-likeness (QED) is 0.873. The normalized spacial score (nSPS) is 18.5. The molecule has 1 amide bonds. The molecule has 0 aromatic carbocycles. The molecule has 1 aromatic rings. The summed E-state index contributed by atoms with van der Waals surface area (Å²) >= 11 is 0. The monoisotopic (exact) mass is 294 g/mol. The zero-order chi connectivity index (χ0) is 15.2. The molecule has 0 radical (unpaired) electrons. The molecule has 1 aromatic heterocycles. The molecular formula is C16H26N2O3. The van der Waals surface area contributed by atoms with Crippen molar-refractivity contribution in [2.24, 2.45) is 0 Å². The van der Waals surface area contributed by atoms with E-state index in [-0.39, 0.29) is 18.0 Å². The van der Waals surface area contributed by atoms with Gasteiger partial charge in [-0.3, -0.25) is 10.1 Å². The average Bonchev–Trinajstić information content (AvgIpc) is 3.01. The highest BCUT2D eigenvalue weighted by molar-refractivity contribution is 5.82. The van der Waals surface area contributed by atoms with E-state index in [2.05, 4.69) is 12.2 Å². The second-order valence-electron chi connectivity index (χ2n) is 5.44. The van der Waals surface area contributed by atoms with Crippen LogP contribution in [0.2, 0.25) is 0 Å². The van der Waals surface area contributed by atoms with Gasteiger partial charge in [0.1, 0.15) is 11.5 Å². The van der Waals surface area contributed by atoms with Crippen LogP contribution in [0.15, 0.2) is 16.5 Å².